The van der Waals surface area contributed by atoms with Gasteiger partial charge in [0.15, 0.2) is 0 Å². The van der Waals surface area contributed by atoms with Crippen molar-refractivity contribution in [3.63, 3.8) is 0 Å². The number of aromatic nitrogens is 2. The van der Waals surface area contributed by atoms with E-state index < -0.39 is 0 Å². The second-order valence-electron chi connectivity index (χ2n) is 11.9. The summed E-state index contributed by atoms with van der Waals surface area (Å²) in [4.78, 5) is 8.94. The first-order valence-corrected chi connectivity index (χ1v) is 10.4. The lowest BCUT2D eigenvalue weighted by molar-refractivity contribution is 0.552. The van der Waals surface area contributed by atoms with Gasteiger partial charge in [0.2, 0.25) is 0 Å². The summed E-state index contributed by atoms with van der Waals surface area (Å²) >= 11 is 0. The van der Waals surface area contributed by atoms with Gasteiger partial charge in [-0.15, -0.1) is 0 Å². The fraction of sp³-hybridized carbons (Fsp3) is 0.615. The summed E-state index contributed by atoms with van der Waals surface area (Å²) in [5, 5.41) is 0. The molecule has 0 spiro atoms. The molecule has 0 bridgehead atoms. The van der Waals surface area contributed by atoms with Crippen LogP contribution in [0, 0.1) is 0 Å². The van der Waals surface area contributed by atoms with Crippen LogP contribution in [0.25, 0.3) is 0 Å². The lowest BCUT2D eigenvalue weighted by Gasteiger charge is -2.23. The summed E-state index contributed by atoms with van der Waals surface area (Å²) in [6.45, 7) is 26.5. The fourth-order valence-corrected chi connectivity index (χ4v) is 2.59. The molecule has 0 fully saturated rings. The zero-order chi connectivity index (χ0) is 22.0. The standard InChI is InChI=1S/2C13H21N/c1-12(2,3)10-7-8-14-11(9-10)13(4,5)6;1-12(2,3)10-7-8-11(14-9-10)13(4,5)6/h2*7-9H,1-6H3. The molecule has 0 saturated heterocycles. The average Bonchev–Trinajstić information content (AvgIpc) is 2.52. The molecule has 0 unspecified atom stereocenters. The zero-order valence-corrected chi connectivity index (χ0v) is 20.4. The van der Waals surface area contributed by atoms with Crippen LogP contribution in [0.2, 0.25) is 0 Å². The summed E-state index contributed by atoms with van der Waals surface area (Å²) in [5.41, 5.74) is 5.68. The largest absolute Gasteiger partial charge is 0.261 e. The Bertz CT molecular complexity index is 681. The lowest BCUT2D eigenvalue weighted by Crippen LogP contribution is -2.17. The molecule has 28 heavy (non-hydrogen) atoms. The first kappa shape index (κ1) is 24.3. The molecule has 0 aliphatic heterocycles. The smallest absolute Gasteiger partial charge is 0.0459 e. The van der Waals surface area contributed by atoms with Crippen LogP contribution in [0.1, 0.15) is 106 Å². The Hall–Kier alpha value is -1.70. The minimum absolute atomic E-state index is 0.140. The van der Waals surface area contributed by atoms with E-state index >= 15 is 0 Å². The monoisotopic (exact) mass is 382 g/mol. The van der Waals surface area contributed by atoms with E-state index in [2.05, 4.69) is 117 Å². The lowest BCUT2D eigenvalue weighted by atomic mass is 9.84. The van der Waals surface area contributed by atoms with Crippen LogP contribution >= 0.6 is 0 Å². The maximum atomic E-state index is 4.52. The predicted molar refractivity (Wildman–Crippen MR) is 123 cm³/mol. The fourth-order valence-electron chi connectivity index (χ4n) is 2.59. The minimum atomic E-state index is 0.140. The summed E-state index contributed by atoms with van der Waals surface area (Å²) < 4.78 is 0. The van der Waals surface area contributed by atoms with Crippen molar-refractivity contribution in [2.45, 2.75) is 105 Å². The maximum Gasteiger partial charge on any atom is 0.0459 e. The molecule has 0 aromatic carbocycles. The minimum Gasteiger partial charge on any atom is -0.261 e. The Labute approximate surface area is 174 Å². The van der Waals surface area contributed by atoms with Crippen molar-refractivity contribution in [3.05, 3.63) is 59.2 Å². The third-order valence-electron chi connectivity index (χ3n) is 4.79. The van der Waals surface area contributed by atoms with Crippen LogP contribution < -0.4 is 0 Å². The van der Waals surface area contributed by atoms with Crippen molar-refractivity contribution >= 4 is 0 Å². The number of nitrogens with zero attached hydrogens (tertiary/aromatic N) is 2. The van der Waals surface area contributed by atoms with Crippen LogP contribution in [0.3, 0.4) is 0 Å². The van der Waals surface area contributed by atoms with Gasteiger partial charge in [0.05, 0.1) is 0 Å². The van der Waals surface area contributed by atoms with E-state index in [-0.39, 0.29) is 21.7 Å². The molecule has 0 amide bonds. The Morgan fingerprint density at radius 3 is 1.36 bits per heavy atom. The van der Waals surface area contributed by atoms with Gasteiger partial charge < -0.3 is 0 Å². The first-order chi connectivity index (χ1) is 12.4. The molecule has 156 valence electrons. The second kappa shape index (κ2) is 8.35. The van der Waals surface area contributed by atoms with E-state index in [1.165, 1.54) is 16.8 Å². The number of hydrogen-bond donors (Lipinski definition) is 0. The molecule has 2 aromatic rings. The van der Waals surface area contributed by atoms with Gasteiger partial charge in [-0.1, -0.05) is 89.2 Å². The van der Waals surface area contributed by atoms with Crippen molar-refractivity contribution in [2.75, 3.05) is 0 Å². The molecular weight excluding hydrogens is 340 g/mol. The van der Waals surface area contributed by atoms with Crippen molar-refractivity contribution in [2.24, 2.45) is 0 Å². The van der Waals surface area contributed by atoms with Gasteiger partial charge in [-0.25, -0.2) is 0 Å². The van der Waals surface area contributed by atoms with Gasteiger partial charge in [0, 0.05) is 34.6 Å². The van der Waals surface area contributed by atoms with Crippen molar-refractivity contribution in [1.82, 2.24) is 9.97 Å². The van der Waals surface area contributed by atoms with Gasteiger partial charge >= 0.3 is 0 Å². The Balaban J connectivity index is 0.000000280. The molecule has 2 aromatic heterocycles. The molecule has 0 N–H and O–H groups in total. The third-order valence-corrected chi connectivity index (χ3v) is 4.79. The van der Waals surface area contributed by atoms with Gasteiger partial charge in [-0.05, 0) is 40.2 Å². The molecule has 0 aliphatic rings. The molecule has 2 nitrogen and oxygen atoms in total. The Morgan fingerprint density at radius 1 is 0.500 bits per heavy atom. The highest BCUT2D eigenvalue weighted by atomic mass is 14.7. The Morgan fingerprint density at radius 2 is 1.00 bits per heavy atom. The van der Waals surface area contributed by atoms with Crippen LogP contribution in [-0.2, 0) is 21.7 Å². The van der Waals surface area contributed by atoms with E-state index in [4.69, 9.17) is 0 Å². The highest BCUT2D eigenvalue weighted by Crippen LogP contribution is 2.27. The summed E-state index contributed by atoms with van der Waals surface area (Å²) in [6, 6.07) is 8.66. The molecule has 0 radical (unpaired) electrons. The summed E-state index contributed by atoms with van der Waals surface area (Å²) in [6.07, 6.45) is 3.92. The Kier molecular flexibility index (Phi) is 7.26. The average molecular weight is 383 g/mol. The van der Waals surface area contributed by atoms with E-state index in [9.17, 15) is 0 Å². The molecule has 0 aliphatic carbocycles. The number of pyridine rings is 2. The molecule has 0 saturated carbocycles. The number of hydrogen-bond acceptors (Lipinski definition) is 2. The van der Waals surface area contributed by atoms with Crippen molar-refractivity contribution < 1.29 is 0 Å². The highest BCUT2D eigenvalue weighted by molar-refractivity contribution is 5.27. The second-order valence-corrected chi connectivity index (χ2v) is 11.9. The maximum absolute atomic E-state index is 4.52. The topological polar surface area (TPSA) is 25.8 Å². The predicted octanol–water partition coefficient (Wildman–Crippen LogP) is 7.35. The number of rotatable bonds is 0. The van der Waals surface area contributed by atoms with Crippen LogP contribution in [-0.4, -0.2) is 9.97 Å². The first-order valence-electron chi connectivity index (χ1n) is 10.4. The van der Waals surface area contributed by atoms with Crippen LogP contribution in [0.4, 0.5) is 0 Å². The van der Waals surface area contributed by atoms with E-state index in [1.54, 1.807) is 0 Å². The van der Waals surface area contributed by atoms with Crippen molar-refractivity contribution in [1.29, 1.82) is 0 Å². The van der Waals surface area contributed by atoms with E-state index in [0.717, 1.165) is 5.69 Å². The highest BCUT2D eigenvalue weighted by Gasteiger charge is 2.20. The quantitative estimate of drug-likeness (QED) is 0.476. The molecule has 0 atom stereocenters. The summed E-state index contributed by atoms with van der Waals surface area (Å²) in [7, 11) is 0. The molecule has 2 heterocycles. The molecule has 2 rings (SSSR count). The van der Waals surface area contributed by atoms with Crippen molar-refractivity contribution in [3.8, 4) is 0 Å². The third kappa shape index (κ3) is 7.37. The zero-order valence-electron chi connectivity index (χ0n) is 20.4. The normalized spacial score (nSPS) is 13.0. The van der Waals surface area contributed by atoms with Gasteiger partial charge in [-0.3, -0.25) is 9.97 Å². The SMILES string of the molecule is CC(C)(C)c1ccc(C(C)(C)C)nc1.CC(C)(C)c1ccnc(C(C)(C)C)c1. The van der Waals surface area contributed by atoms with Crippen LogP contribution in [0.15, 0.2) is 36.7 Å². The van der Waals surface area contributed by atoms with E-state index in [1.807, 2.05) is 12.4 Å². The van der Waals surface area contributed by atoms with Gasteiger partial charge in [-0.2, -0.15) is 0 Å². The van der Waals surface area contributed by atoms with Gasteiger partial charge in [0.25, 0.3) is 0 Å². The summed E-state index contributed by atoms with van der Waals surface area (Å²) in [5.74, 6) is 0. The van der Waals surface area contributed by atoms with Gasteiger partial charge in [0.1, 0.15) is 0 Å². The molecule has 2 heteroatoms. The van der Waals surface area contributed by atoms with Crippen LogP contribution in [0.5, 0.6) is 0 Å². The molecular formula is C26H42N2. The van der Waals surface area contributed by atoms with E-state index in [0.29, 0.717) is 0 Å².